The first-order valence-electron chi connectivity index (χ1n) is 6.24. The predicted molar refractivity (Wildman–Crippen MR) is 76.1 cm³/mol. The average molecular weight is 262 g/mol. The zero-order valence-electron chi connectivity index (χ0n) is 10.4. The summed E-state index contributed by atoms with van der Waals surface area (Å²) in [7, 11) is 0. The molecule has 0 spiro atoms. The lowest BCUT2D eigenvalue weighted by Crippen LogP contribution is -2.14. The van der Waals surface area contributed by atoms with E-state index in [4.69, 9.17) is 0 Å². The van der Waals surface area contributed by atoms with Crippen molar-refractivity contribution < 1.29 is 0 Å². The number of hydrogen-bond donors (Lipinski definition) is 1. The Kier molecular flexibility index (Phi) is 2.20. The molecule has 0 aliphatic carbocycles. The molecule has 2 aliphatic rings. The zero-order valence-corrected chi connectivity index (χ0v) is 10.4. The lowest BCUT2D eigenvalue weighted by molar-refractivity contribution is 0.859. The number of pyridine rings is 2. The fraction of sp³-hybridized carbons (Fsp3) is 0. The molecule has 0 atom stereocenters. The van der Waals surface area contributed by atoms with Crippen molar-refractivity contribution in [2.45, 2.75) is 0 Å². The number of nitrogens with zero attached hydrogens (tertiary/aromatic N) is 3. The molecule has 2 aromatic rings. The van der Waals surface area contributed by atoms with Crippen LogP contribution < -0.4 is 5.56 Å². The second kappa shape index (κ2) is 4.03. The van der Waals surface area contributed by atoms with E-state index in [0.717, 1.165) is 16.6 Å². The van der Waals surface area contributed by atoms with Crippen LogP contribution in [0.1, 0.15) is 0 Å². The summed E-state index contributed by atoms with van der Waals surface area (Å²) in [6.45, 7) is 0. The van der Waals surface area contributed by atoms with E-state index in [-0.39, 0.29) is 5.56 Å². The lowest BCUT2D eigenvalue weighted by atomic mass is 10.1. The Bertz CT molecular complexity index is 924. The summed E-state index contributed by atoms with van der Waals surface area (Å²) in [5.74, 6) is 0. The molecule has 3 heterocycles. The molecule has 0 amide bonds. The largest absolute Gasteiger partial charge is 0.360 e. The van der Waals surface area contributed by atoms with Crippen LogP contribution >= 0.6 is 0 Å². The van der Waals surface area contributed by atoms with Gasteiger partial charge in [-0.15, -0.1) is 0 Å². The highest BCUT2D eigenvalue weighted by Gasteiger charge is 2.18. The van der Waals surface area contributed by atoms with Gasteiger partial charge in [0.2, 0.25) is 0 Å². The number of nitrogens with one attached hydrogen (secondary N) is 1. The van der Waals surface area contributed by atoms with Crippen molar-refractivity contribution in [3.63, 3.8) is 0 Å². The van der Waals surface area contributed by atoms with Crippen molar-refractivity contribution >= 4 is 10.9 Å². The molecule has 96 valence electrons. The van der Waals surface area contributed by atoms with E-state index in [1.54, 1.807) is 18.6 Å². The van der Waals surface area contributed by atoms with Crippen LogP contribution in [0.5, 0.6) is 0 Å². The SMILES string of the molecule is O=c1c2c[nH]c3ccncc3c-2nn1-c1ccccc1. The van der Waals surface area contributed by atoms with Crippen LogP contribution in [0.3, 0.4) is 0 Å². The van der Waals surface area contributed by atoms with E-state index < -0.39 is 0 Å². The Balaban J connectivity index is 2.10. The molecule has 20 heavy (non-hydrogen) atoms. The van der Waals surface area contributed by atoms with E-state index in [9.17, 15) is 4.79 Å². The van der Waals surface area contributed by atoms with Crippen LogP contribution in [0.15, 0.2) is 59.8 Å². The van der Waals surface area contributed by atoms with Gasteiger partial charge in [0.25, 0.3) is 5.56 Å². The fourth-order valence-electron chi connectivity index (χ4n) is 2.35. The van der Waals surface area contributed by atoms with Crippen LogP contribution in [0, 0.1) is 0 Å². The van der Waals surface area contributed by atoms with Crippen molar-refractivity contribution in [3.05, 3.63) is 65.3 Å². The summed E-state index contributed by atoms with van der Waals surface area (Å²) in [5.41, 5.74) is 2.76. The molecular formula is C15H10N4O. The van der Waals surface area contributed by atoms with Gasteiger partial charge >= 0.3 is 0 Å². The van der Waals surface area contributed by atoms with Crippen LogP contribution in [-0.4, -0.2) is 19.7 Å². The summed E-state index contributed by atoms with van der Waals surface area (Å²) in [4.78, 5) is 19.6. The van der Waals surface area contributed by atoms with E-state index >= 15 is 0 Å². The second-order valence-electron chi connectivity index (χ2n) is 4.52. The molecule has 0 saturated heterocycles. The minimum atomic E-state index is -0.131. The maximum absolute atomic E-state index is 12.4. The predicted octanol–water partition coefficient (Wildman–Crippen LogP) is 2.21. The Morgan fingerprint density at radius 2 is 1.95 bits per heavy atom. The summed E-state index contributed by atoms with van der Waals surface area (Å²) < 4.78 is 1.42. The van der Waals surface area contributed by atoms with Crippen molar-refractivity contribution in [2.75, 3.05) is 0 Å². The Morgan fingerprint density at radius 3 is 2.80 bits per heavy atom. The molecule has 2 aliphatic heterocycles. The minimum Gasteiger partial charge on any atom is -0.360 e. The molecule has 1 aromatic heterocycles. The normalized spacial score (nSPS) is 11.2. The Hall–Kier alpha value is -2.95. The third kappa shape index (κ3) is 1.46. The number of hydrogen-bond acceptors (Lipinski definition) is 3. The van der Waals surface area contributed by atoms with Crippen LogP contribution in [-0.2, 0) is 0 Å². The summed E-state index contributed by atoms with van der Waals surface area (Å²) in [6.07, 6.45) is 5.12. The quantitative estimate of drug-likeness (QED) is 0.572. The van der Waals surface area contributed by atoms with Crippen molar-refractivity contribution in [2.24, 2.45) is 0 Å². The monoisotopic (exact) mass is 262 g/mol. The standard InChI is InChI=1S/C15H10N4O/c20-15-12-9-17-13-6-7-16-8-11(13)14(12)18-19(15)10-4-2-1-3-5-10/h1-9,17H. The molecule has 1 aromatic carbocycles. The first-order valence-corrected chi connectivity index (χ1v) is 6.24. The number of benzene rings is 1. The summed E-state index contributed by atoms with van der Waals surface area (Å²) in [5, 5.41) is 5.30. The highest BCUT2D eigenvalue weighted by Crippen LogP contribution is 2.24. The van der Waals surface area contributed by atoms with Gasteiger partial charge in [0.05, 0.1) is 16.8 Å². The fourth-order valence-corrected chi connectivity index (χ4v) is 2.35. The molecule has 0 saturated carbocycles. The lowest BCUT2D eigenvalue weighted by Gasteiger charge is -2.00. The third-order valence-electron chi connectivity index (χ3n) is 3.33. The van der Waals surface area contributed by atoms with Gasteiger partial charge in [0.1, 0.15) is 5.69 Å². The second-order valence-corrected chi connectivity index (χ2v) is 4.52. The highest BCUT2D eigenvalue weighted by molar-refractivity contribution is 5.92. The number of H-pyrrole nitrogens is 1. The Labute approximate surface area is 113 Å². The van der Waals surface area contributed by atoms with Gasteiger partial charge in [-0.1, -0.05) is 18.2 Å². The van der Waals surface area contributed by atoms with Crippen molar-refractivity contribution in [1.82, 2.24) is 19.7 Å². The topological polar surface area (TPSA) is 63.6 Å². The summed E-state index contributed by atoms with van der Waals surface area (Å²) >= 11 is 0. The third-order valence-corrected chi connectivity index (χ3v) is 3.33. The molecule has 0 unspecified atom stereocenters. The zero-order chi connectivity index (χ0) is 13.5. The van der Waals surface area contributed by atoms with Crippen LogP contribution in [0.4, 0.5) is 0 Å². The molecule has 1 N–H and O–H groups in total. The van der Waals surface area contributed by atoms with Gasteiger partial charge in [-0.25, -0.2) is 0 Å². The van der Waals surface area contributed by atoms with Crippen LogP contribution in [0.2, 0.25) is 0 Å². The van der Waals surface area contributed by atoms with Gasteiger partial charge < -0.3 is 4.98 Å². The maximum Gasteiger partial charge on any atom is 0.282 e. The molecular weight excluding hydrogens is 252 g/mol. The summed E-state index contributed by atoms with van der Waals surface area (Å²) in [6, 6.07) is 11.2. The molecule has 5 heteroatoms. The molecule has 0 radical (unpaired) electrons. The van der Waals surface area contributed by atoms with E-state index in [0.29, 0.717) is 11.3 Å². The number of aromatic amines is 1. The van der Waals surface area contributed by atoms with E-state index in [1.807, 2.05) is 36.4 Å². The van der Waals surface area contributed by atoms with E-state index in [1.165, 1.54) is 4.68 Å². The number of rotatable bonds is 1. The minimum absolute atomic E-state index is 0.131. The Morgan fingerprint density at radius 1 is 1.10 bits per heavy atom. The maximum atomic E-state index is 12.4. The van der Waals surface area contributed by atoms with Gasteiger partial charge in [-0.3, -0.25) is 9.78 Å². The van der Waals surface area contributed by atoms with Crippen molar-refractivity contribution in [3.8, 4) is 16.9 Å². The van der Waals surface area contributed by atoms with Crippen LogP contribution in [0.25, 0.3) is 27.8 Å². The first kappa shape index (κ1) is 10.9. The molecule has 4 rings (SSSR count). The van der Waals surface area contributed by atoms with Crippen molar-refractivity contribution in [1.29, 1.82) is 0 Å². The van der Waals surface area contributed by atoms with Gasteiger partial charge in [0, 0.05) is 24.0 Å². The molecule has 0 bridgehead atoms. The number of aromatic nitrogens is 4. The van der Waals surface area contributed by atoms with E-state index in [2.05, 4.69) is 15.1 Å². The molecule has 5 nitrogen and oxygen atoms in total. The van der Waals surface area contributed by atoms with Gasteiger partial charge in [-0.2, -0.15) is 9.78 Å². The first-order chi connectivity index (χ1) is 9.84. The average Bonchev–Trinajstić information content (AvgIpc) is 2.86. The number of para-hydroxylation sites is 1. The highest BCUT2D eigenvalue weighted by atomic mass is 16.1. The smallest absolute Gasteiger partial charge is 0.282 e. The number of fused-ring (bicyclic) bond motifs is 3. The van der Waals surface area contributed by atoms with Gasteiger partial charge in [-0.05, 0) is 18.2 Å². The molecule has 0 fully saturated rings. The van der Waals surface area contributed by atoms with Gasteiger partial charge in [0.15, 0.2) is 0 Å².